The van der Waals surface area contributed by atoms with Gasteiger partial charge in [0.2, 0.25) is 5.91 Å². The average molecular weight is 367 g/mol. The van der Waals surface area contributed by atoms with Crippen molar-refractivity contribution in [1.82, 2.24) is 15.6 Å². The number of nitrogens with one attached hydrogen (secondary N) is 3. The minimum Gasteiger partial charge on any atom is -0.332 e. The number of carbonyl (C=O) groups is 2. The number of nitrogens with zero attached hydrogens (tertiary/aromatic N) is 1. The molecule has 1 aromatic rings. The minimum absolute atomic E-state index is 0.0370. The van der Waals surface area contributed by atoms with Crippen LogP contribution >= 0.6 is 23.1 Å². The molecule has 0 spiro atoms. The van der Waals surface area contributed by atoms with Crippen molar-refractivity contribution >= 4 is 40.2 Å². The number of amides is 3. The zero-order valence-corrected chi connectivity index (χ0v) is 15.1. The molecule has 0 radical (unpaired) electrons. The van der Waals surface area contributed by atoms with Gasteiger partial charge in [0, 0.05) is 22.3 Å². The Kier molecular flexibility index (Phi) is 4.67. The Morgan fingerprint density at radius 2 is 2.21 bits per heavy atom. The Morgan fingerprint density at radius 3 is 3.08 bits per heavy atom. The van der Waals surface area contributed by atoms with Crippen LogP contribution in [0.5, 0.6) is 0 Å². The third kappa shape index (κ3) is 3.39. The van der Waals surface area contributed by atoms with Gasteiger partial charge in [-0.25, -0.2) is 9.78 Å². The zero-order valence-electron chi connectivity index (χ0n) is 13.5. The van der Waals surface area contributed by atoms with Crippen LogP contribution in [-0.2, 0) is 17.6 Å². The zero-order chi connectivity index (χ0) is 16.5. The van der Waals surface area contributed by atoms with E-state index in [4.69, 9.17) is 0 Å². The van der Waals surface area contributed by atoms with Crippen molar-refractivity contribution in [3.05, 3.63) is 10.6 Å². The summed E-state index contributed by atoms with van der Waals surface area (Å²) in [5, 5.41) is 10.1. The highest BCUT2D eigenvalue weighted by Gasteiger charge is 2.42. The summed E-state index contributed by atoms with van der Waals surface area (Å²) >= 11 is 3.55. The van der Waals surface area contributed by atoms with Gasteiger partial charge < -0.3 is 16.0 Å². The number of fused-ring (bicyclic) bond motifs is 2. The highest BCUT2D eigenvalue weighted by molar-refractivity contribution is 8.00. The molecule has 2 saturated heterocycles. The van der Waals surface area contributed by atoms with Crippen LogP contribution in [0.25, 0.3) is 0 Å². The van der Waals surface area contributed by atoms with Crippen molar-refractivity contribution in [2.75, 3.05) is 11.1 Å². The number of rotatable bonds is 6. The van der Waals surface area contributed by atoms with E-state index in [0.29, 0.717) is 11.7 Å². The maximum absolute atomic E-state index is 12.0. The predicted octanol–water partition coefficient (Wildman–Crippen LogP) is 2.30. The van der Waals surface area contributed by atoms with Crippen LogP contribution in [0.3, 0.4) is 0 Å². The van der Waals surface area contributed by atoms with Crippen LogP contribution in [-0.4, -0.2) is 40.0 Å². The summed E-state index contributed by atoms with van der Waals surface area (Å²) < 4.78 is 0. The molecule has 0 bridgehead atoms. The van der Waals surface area contributed by atoms with Crippen LogP contribution in [0.15, 0.2) is 0 Å². The number of anilines is 1. The number of aromatic nitrogens is 1. The lowest BCUT2D eigenvalue weighted by Gasteiger charge is -2.16. The van der Waals surface area contributed by atoms with Crippen LogP contribution in [0.1, 0.15) is 42.7 Å². The smallest absolute Gasteiger partial charge is 0.315 e. The lowest BCUT2D eigenvalue weighted by molar-refractivity contribution is -0.116. The molecule has 1 aliphatic carbocycles. The van der Waals surface area contributed by atoms with E-state index in [9.17, 15) is 9.59 Å². The predicted molar refractivity (Wildman–Crippen MR) is 96.7 cm³/mol. The lowest BCUT2D eigenvalue weighted by Crippen LogP contribution is -2.36. The molecular weight excluding hydrogens is 344 g/mol. The lowest BCUT2D eigenvalue weighted by atomic mass is 10.0. The van der Waals surface area contributed by atoms with E-state index in [1.54, 1.807) is 11.3 Å². The maximum atomic E-state index is 12.0. The average Bonchev–Trinajstić information content (AvgIpc) is 3.25. The van der Waals surface area contributed by atoms with E-state index >= 15 is 0 Å². The van der Waals surface area contributed by atoms with Crippen LogP contribution in [0, 0.1) is 0 Å². The van der Waals surface area contributed by atoms with Crippen molar-refractivity contribution in [2.24, 2.45) is 0 Å². The van der Waals surface area contributed by atoms with E-state index in [1.807, 2.05) is 11.8 Å². The molecule has 3 amide bonds. The van der Waals surface area contributed by atoms with Crippen molar-refractivity contribution in [2.45, 2.75) is 62.3 Å². The van der Waals surface area contributed by atoms with Gasteiger partial charge >= 0.3 is 6.03 Å². The number of hydrogen-bond donors (Lipinski definition) is 3. The second-order valence-electron chi connectivity index (χ2n) is 6.66. The SMILES string of the molecule is O=C(CCCC[C@@H]1SC[C@H]2NC(=O)N[C@@H]12)Nc1nc2c(s1)CCC2. The third-order valence-corrected chi connectivity index (χ3v) is 7.50. The van der Waals surface area contributed by atoms with Crippen LogP contribution in [0.4, 0.5) is 9.93 Å². The Morgan fingerprint density at radius 1 is 1.29 bits per heavy atom. The van der Waals surface area contributed by atoms with E-state index in [0.717, 1.165) is 43.0 Å². The summed E-state index contributed by atoms with van der Waals surface area (Å²) in [5.41, 5.74) is 1.18. The molecule has 6 nitrogen and oxygen atoms in total. The van der Waals surface area contributed by atoms with Gasteiger partial charge in [-0.05, 0) is 32.1 Å². The first-order chi connectivity index (χ1) is 11.7. The van der Waals surface area contributed by atoms with E-state index in [1.165, 1.54) is 17.0 Å². The fraction of sp³-hybridized carbons (Fsp3) is 0.688. The number of aryl methyl sites for hydroxylation is 2. The second-order valence-corrected chi connectivity index (χ2v) is 9.01. The summed E-state index contributed by atoms with van der Waals surface area (Å²) in [6.45, 7) is 0. The van der Waals surface area contributed by atoms with E-state index in [-0.39, 0.29) is 24.0 Å². The molecule has 130 valence electrons. The van der Waals surface area contributed by atoms with Crippen LogP contribution in [0.2, 0.25) is 0 Å². The standard InChI is InChI=1S/C16H22N4O2S2/c21-13(19-16-18-9-4-3-6-11(9)24-16)7-2-1-5-12-14-10(8-23-12)17-15(22)20-14/h10,12,14H,1-8H2,(H2,17,20,22)(H,18,19,21)/t10-,12+,14-/m1/s1. The summed E-state index contributed by atoms with van der Waals surface area (Å²) in [6.07, 6.45) is 6.83. The Bertz CT molecular complexity index is 627. The van der Waals surface area contributed by atoms with Gasteiger partial charge in [0.25, 0.3) is 0 Å². The summed E-state index contributed by atoms with van der Waals surface area (Å²) in [6, 6.07) is 0.502. The number of hydrogen-bond acceptors (Lipinski definition) is 5. The molecule has 8 heteroatoms. The number of unbranched alkanes of at least 4 members (excludes halogenated alkanes) is 1. The molecule has 3 aliphatic rings. The van der Waals surface area contributed by atoms with E-state index in [2.05, 4.69) is 20.9 Å². The molecule has 1 aromatic heterocycles. The van der Waals surface area contributed by atoms with Crippen molar-refractivity contribution in [3.8, 4) is 0 Å². The molecule has 3 N–H and O–H groups in total. The van der Waals surface area contributed by atoms with Crippen molar-refractivity contribution in [3.63, 3.8) is 0 Å². The molecular formula is C16H22N4O2S2. The molecule has 4 rings (SSSR count). The topological polar surface area (TPSA) is 83.1 Å². The summed E-state index contributed by atoms with van der Waals surface area (Å²) in [7, 11) is 0. The van der Waals surface area contributed by atoms with Crippen molar-refractivity contribution in [1.29, 1.82) is 0 Å². The molecule has 2 aliphatic heterocycles. The monoisotopic (exact) mass is 366 g/mol. The number of thiazole rings is 1. The second kappa shape index (κ2) is 6.92. The van der Waals surface area contributed by atoms with Crippen LogP contribution < -0.4 is 16.0 Å². The number of thioether (sulfide) groups is 1. The van der Waals surface area contributed by atoms with Gasteiger partial charge in [-0.15, -0.1) is 11.3 Å². The highest BCUT2D eigenvalue weighted by Crippen LogP contribution is 2.33. The Balaban J connectivity index is 1.16. The highest BCUT2D eigenvalue weighted by atomic mass is 32.2. The maximum Gasteiger partial charge on any atom is 0.315 e. The third-order valence-electron chi connectivity index (χ3n) is 4.92. The normalized spacial score (nSPS) is 27.5. The molecule has 0 unspecified atom stereocenters. The van der Waals surface area contributed by atoms with Gasteiger partial charge in [0.1, 0.15) is 0 Å². The first-order valence-corrected chi connectivity index (χ1v) is 10.5. The summed E-state index contributed by atoms with van der Waals surface area (Å²) in [4.78, 5) is 29.2. The van der Waals surface area contributed by atoms with Gasteiger partial charge in [-0.2, -0.15) is 11.8 Å². The van der Waals surface area contributed by atoms with Gasteiger partial charge in [0.15, 0.2) is 5.13 Å². The van der Waals surface area contributed by atoms with Gasteiger partial charge in [-0.1, -0.05) is 6.42 Å². The Labute approximate surface area is 149 Å². The molecule has 2 fully saturated rings. The minimum atomic E-state index is -0.0370. The molecule has 3 heterocycles. The molecule has 0 saturated carbocycles. The fourth-order valence-corrected chi connectivity index (χ4v) is 6.31. The Hall–Kier alpha value is -1.28. The fourth-order valence-electron chi connectivity index (χ4n) is 3.70. The number of urea groups is 1. The molecule has 3 atom stereocenters. The number of carbonyl (C=O) groups excluding carboxylic acids is 2. The molecule has 0 aromatic carbocycles. The largest absolute Gasteiger partial charge is 0.332 e. The van der Waals surface area contributed by atoms with Gasteiger partial charge in [-0.3, -0.25) is 4.79 Å². The summed E-state index contributed by atoms with van der Waals surface area (Å²) in [5.74, 6) is 1.05. The first kappa shape index (κ1) is 16.2. The van der Waals surface area contributed by atoms with Crippen molar-refractivity contribution < 1.29 is 9.59 Å². The van der Waals surface area contributed by atoms with E-state index < -0.39 is 0 Å². The first-order valence-electron chi connectivity index (χ1n) is 8.66. The van der Waals surface area contributed by atoms with Gasteiger partial charge in [0.05, 0.1) is 17.8 Å². The quantitative estimate of drug-likeness (QED) is 0.533. The molecule has 24 heavy (non-hydrogen) atoms.